The van der Waals surface area contributed by atoms with Crippen LogP contribution in [0.15, 0.2) is 34.4 Å². The number of nitriles is 3. The summed E-state index contributed by atoms with van der Waals surface area (Å²) >= 11 is 7.48. The zero-order valence-electron chi connectivity index (χ0n) is 10.1. The summed E-state index contributed by atoms with van der Waals surface area (Å²) in [6, 6.07) is 10.4. The SMILES string of the molecule is CCSc1ccc(Cl)cc1NC(C#N)=C(C#N)C#N. The van der Waals surface area contributed by atoms with Crippen molar-refractivity contribution < 1.29 is 0 Å². The third-order valence-electron chi connectivity index (χ3n) is 2.09. The molecule has 1 N–H and O–H groups in total. The largest absolute Gasteiger partial charge is 0.344 e. The summed E-state index contributed by atoms with van der Waals surface area (Å²) in [6.07, 6.45) is 0. The third-order valence-corrected chi connectivity index (χ3v) is 3.28. The molecule has 19 heavy (non-hydrogen) atoms. The lowest BCUT2D eigenvalue weighted by molar-refractivity contribution is 1.33. The molecule has 0 aliphatic heterocycles. The Kier molecular flexibility index (Phi) is 5.76. The quantitative estimate of drug-likeness (QED) is 0.675. The average molecular weight is 289 g/mol. The second-order valence-electron chi connectivity index (χ2n) is 3.28. The highest BCUT2D eigenvalue weighted by Gasteiger charge is 2.09. The van der Waals surface area contributed by atoms with E-state index in [9.17, 15) is 0 Å². The van der Waals surface area contributed by atoms with Crippen LogP contribution in [0.25, 0.3) is 0 Å². The van der Waals surface area contributed by atoms with Crippen LogP contribution in [-0.2, 0) is 0 Å². The Labute approximate surface area is 120 Å². The summed E-state index contributed by atoms with van der Waals surface area (Å²) in [6.45, 7) is 2.00. The van der Waals surface area contributed by atoms with Crippen molar-refractivity contribution in [2.75, 3.05) is 11.1 Å². The van der Waals surface area contributed by atoms with Crippen molar-refractivity contribution >= 4 is 29.1 Å². The summed E-state index contributed by atoms with van der Waals surface area (Å²) in [5, 5.41) is 29.9. The van der Waals surface area contributed by atoms with Gasteiger partial charge in [-0.05, 0) is 24.0 Å². The van der Waals surface area contributed by atoms with Crippen molar-refractivity contribution in [3.8, 4) is 18.2 Å². The minimum absolute atomic E-state index is 0.0785. The standard InChI is InChI=1S/C13H9ClN4S/c1-2-19-13-4-3-10(14)5-11(13)18-12(8-17)9(6-15)7-16/h3-5,18H,2H2,1H3. The number of benzene rings is 1. The van der Waals surface area contributed by atoms with Crippen molar-refractivity contribution in [3.05, 3.63) is 34.5 Å². The van der Waals surface area contributed by atoms with Crippen LogP contribution in [0, 0.1) is 34.0 Å². The lowest BCUT2D eigenvalue weighted by Gasteiger charge is -2.10. The van der Waals surface area contributed by atoms with Gasteiger partial charge in [0, 0.05) is 9.92 Å². The van der Waals surface area contributed by atoms with Gasteiger partial charge in [0.15, 0.2) is 5.57 Å². The maximum Gasteiger partial charge on any atom is 0.163 e. The van der Waals surface area contributed by atoms with Crippen LogP contribution in [0.1, 0.15) is 6.92 Å². The first-order chi connectivity index (χ1) is 9.15. The summed E-state index contributed by atoms with van der Waals surface area (Å²) in [5.74, 6) is 0.852. The molecule has 0 bridgehead atoms. The smallest absolute Gasteiger partial charge is 0.163 e. The summed E-state index contributed by atoms with van der Waals surface area (Å²) in [7, 11) is 0. The summed E-state index contributed by atoms with van der Waals surface area (Å²) < 4.78 is 0. The molecule has 1 rings (SSSR count). The minimum atomic E-state index is -0.255. The Morgan fingerprint density at radius 1 is 1.26 bits per heavy atom. The van der Waals surface area contributed by atoms with Crippen molar-refractivity contribution in [1.29, 1.82) is 15.8 Å². The Morgan fingerprint density at radius 2 is 1.95 bits per heavy atom. The molecule has 0 aliphatic carbocycles. The molecule has 0 saturated carbocycles. The molecule has 94 valence electrons. The molecule has 0 aromatic heterocycles. The molecule has 0 amide bonds. The van der Waals surface area contributed by atoms with Gasteiger partial charge in [-0.25, -0.2) is 0 Å². The lowest BCUT2D eigenvalue weighted by Crippen LogP contribution is -2.02. The lowest BCUT2D eigenvalue weighted by atomic mass is 10.2. The summed E-state index contributed by atoms with van der Waals surface area (Å²) in [5.41, 5.74) is 0.277. The van der Waals surface area contributed by atoms with Crippen LogP contribution in [-0.4, -0.2) is 5.75 Å². The zero-order valence-corrected chi connectivity index (χ0v) is 11.6. The van der Waals surface area contributed by atoms with Gasteiger partial charge in [-0.2, -0.15) is 15.8 Å². The number of thioether (sulfide) groups is 1. The van der Waals surface area contributed by atoms with E-state index in [0.29, 0.717) is 10.7 Å². The first-order valence-corrected chi connectivity index (χ1v) is 6.66. The fourth-order valence-electron chi connectivity index (χ4n) is 1.30. The number of allylic oxidation sites excluding steroid dienone is 2. The Morgan fingerprint density at radius 3 is 2.47 bits per heavy atom. The van der Waals surface area contributed by atoms with Crippen molar-refractivity contribution in [1.82, 2.24) is 0 Å². The number of nitrogens with one attached hydrogen (secondary N) is 1. The van der Waals surface area contributed by atoms with E-state index in [-0.39, 0.29) is 11.3 Å². The first kappa shape index (κ1) is 14.9. The fraction of sp³-hybridized carbons (Fsp3) is 0.154. The molecule has 0 heterocycles. The van der Waals surface area contributed by atoms with Gasteiger partial charge in [-0.3, -0.25) is 0 Å². The second-order valence-corrected chi connectivity index (χ2v) is 5.03. The van der Waals surface area contributed by atoms with Gasteiger partial charge in [0.1, 0.15) is 23.9 Å². The predicted molar refractivity (Wildman–Crippen MR) is 75.3 cm³/mol. The predicted octanol–water partition coefficient (Wildman–Crippen LogP) is 3.69. The molecule has 0 spiro atoms. The number of anilines is 1. The van der Waals surface area contributed by atoms with Gasteiger partial charge in [0.05, 0.1) is 5.69 Å². The fourth-order valence-corrected chi connectivity index (χ4v) is 2.21. The van der Waals surface area contributed by atoms with Crippen LogP contribution < -0.4 is 5.32 Å². The number of hydrogen-bond donors (Lipinski definition) is 1. The minimum Gasteiger partial charge on any atom is -0.344 e. The third kappa shape index (κ3) is 3.93. The van der Waals surface area contributed by atoms with Gasteiger partial charge < -0.3 is 5.32 Å². The van der Waals surface area contributed by atoms with Crippen LogP contribution in [0.2, 0.25) is 5.02 Å². The van der Waals surface area contributed by atoms with E-state index in [0.717, 1.165) is 10.6 Å². The van der Waals surface area contributed by atoms with E-state index in [1.165, 1.54) is 0 Å². The molecule has 0 unspecified atom stereocenters. The highest BCUT2D eigenvalue weighted by Crippen LogP contribution is 2.30. The van der Waals surface area contributed by atoms with Crippen LogP contribution in [0.5, 0.6) is 0 Å². The van der Waals surface area contributed by atoms with Crippen molar-refractivity contribution in [3.63, 3.8) is 0 Å². The molecular weight excluding hydrogens is 280 g/mol. The molecule has 0 atom stereocenters. The Hall–Kier alpha value is -2.13. The molecular formula is C13H9ClN4S. The molecule has 4 nitrogen and oxygen atoms in total. The van der Waals surface area contributed by atoms with Gasteiger partial charge in [0.2, 0.25) is 0 Å². The van der Waals surface area contributed by atoms with Crippen molar-refractivity contribution in [2.45, 2.75) is 11.8 Å². The highest BCUT2D eigenvalue weighted by atomic mass is 35.5. The molecule has 1 aromatic rings. The highest BCUT2D eigenvalue weighted by molar-refractivity contribution is 7.99. The molecule has 1 aromatic carbocycles. The number of rotatable bonds is 4. The number of hydrogen-bond acceptors (Lipinski definition) is 5. The van der Waals surface area contributed by atoms with E-state index in [4.69, 9.17) is 27.4 Å². The van der Waals surface area contributed by atoms with Gasteiger partial charge in [0.25, 0.3) is 0 Å². The van der Waals surface area contributed by atoms with E-state index in [1.54, 1.807) is 36.0 Å². The molecule has 0 saturated heterocycles. The molecule has 0 radical (unpaired) electrons. The Bertz CT molecular complexity index is 616. The summed E-state index contributed by atoms with van der Waals surface area (Å²) in [4.78, 5) is 0.898. The van der Waals surface area contributed by atoms with Crippen LogP contribution in [0.4, 0.5) is 5.69 Å². The Balaban J connectivity index is 3.22. The van der Waals surface area contributed by atoms with Crippen LogP contribution >= 0.6 is 23.4 Å². The number of halogens is 1. The maximum atomic E-state index is 9.00. The monoisotopic (exact) mass is 288 g/mol. The van der Waals surface area contributed by atoms with E-state index >= 15 is 0 Å². The zero-order chi connectivity index (χ0) is 14.3. The normalized spacial score (nSPS) is 8.79. The van der Waals surface area contributed by atoms with E-state index in [2.05, 4.69) is 5.32 Å². The molecule has 6 heteroatoms. The van der Waals surface area contributed by atoms with E-state index < -0.39 is 0 Å². The van der Waals surface area contributed by atoms with Gasteiger partial charge in [-0.15, -0.1) is 11.8 Å². The first-order valence-electron chi connectivity index (χ1n) is 5.30. The van der Waals surface area contributed by atoms with Crippen molar-refractivity contribution in [2.24, 2.45) is 0 Å². The second kappa shape index (κ2) is 7.34. The number of nitrogens with zero attached hydrogens (tertiary/aromatic N) is 3. The van der Waals surface area contributed by atoms with Gasteiger partial charge >= 0.3 is 0 Å². The topological polar surface area (TPSA) is 83.4 Å². The van der Waals surface area contributed by atoms with Crippen LogP contribution in [0.3, 0.4) is 0 Å². The molecule has 0 fully saturated rings. The van der Waals surface area contributed by atoms with E-state index in [1.807, 2.05) is 19.1 Å². The maximum absolute atomic E-state index is 9.00. The molecule has 0 aliphatic rings. The average Bonchev–Trinajstić information content (AvgIpc) is 2.42. The van der Waals surface area contributed by atoms with Gasteiger partial charge in [-0.1, -0.05) is 18.5 Å².